The normalized spacial score (nSPS) is 10.2. The van der Waals surface area contributed by atoms with Crippen LogP contribution in [0.15, 0.2) is 36.4 Å². The number of ketones is 1. The molecule has 2 aromatic rings. The van der Waals surface area contributed by atoms with Gasteiger partial charge in [-0.25, -0.2) is 0 Å². The van der Waals surface area contributed by atoms with E-state index >= 15 is 0 Å². The van der Waals surface area contributed by atoms with Crippen molar-refractivity contribution in [2.75, 3.05) is 0 Å². The number of nitrogens with zero attached hydrogens (tertiary/aromatic N) is 1. The van der Waals surface area contributed by atoms with E-state index in [0.29, 0.717) is 16.9 Å². The summed E-state index contributed by atoms with van der Waals surface area (Å²) in [7, 11) is 0. The summed E-state index contributed by atoms with van der Waals surface area (Å²) in [4.78, 5) is 22.1. The van der Waals surface area contributed by atoms with Gasteiger partial charge in [0.15, 0.2) is 5.78 Å². The Balaban J connectivity index is 2.46. The lowest BCUT2D eigenvalue weighted by Crippen LogP contribution is -1.98. The molecule has 21 heavy (non-hydrogen) atoms. The van der Waals surface area contributed by atoms with Crippen LogP contribution >= 0.6 is 0 Å². The van der Waals surface area contributed by atoms with E-state index in [0.717, 1.165) is 5.56 Å². The quantitative estimate of drug-likeness (QED) is 0.479. The van der Waals surface area contributed by atoms with E-state index in [-0.39, 0.29) is 17.2 Å². The van der Waals surface area contributed by atoms with Crippen molar-refractivity contribution in [3.8, 4) is 11.5 Å². The Morgan fingerprint density at radius 3 is 2.52 bits per heavy atom. The molecule has 0 spiro atoms. The molecule has 0 heterocycles. The molecule has 0 radical (unpaired) electrons. The van der Waals surface area contributed by atoms with Gasteiger partial charge in [0.05, 0.1) is 4.92 Å². The van der Waals surface area contributed by atoms with E-state index in [4.69, 9.17) is 4.74 Å². The van der Waals surface area contributed by atoms with Gasteiger partial charge < -0.3 is 4.74 Å². The number of rotatable bonds is 4. The van der Waals surface area contributed by atoms with E-state index < -0.39 is 4.92 Å². The first-order valence-electron chi connectivity index (χ1n) is 6.43. The summed E-state index contributed by atoms with van der Waals surface area (Å²) < 4.78 is 5.65. The van der Waals surface area contributed by atoms with Crippen LogP contribution in [0.5, 0.6) is 11.5 Å². The molecule has 0 saturated heterocycles. The van der Waals surface area contributed by atoms with Gasteiger partial charge in [-0.2, -0.15) is 0 Å². The molecule has 0 bridgehead atoms. The summed E-state index contributed by atoms with van der Waals surface area (Å²) in [5.41, 5.74) is 1.89. The number of hydrogen-bond acceptors (Lipinski definition) is 4. The molecule has 0 aliphatic heterocycles. The van der Waals surface area contributed by atoms with Crippen molar-refractivity contribution in [1.29, 1.82) is 0 Å². The van der Waals surface area contributed by atoms with Crippen LogP contribution in [-0.4, -0.2) is 10.7 Å². The van der Waals surface area contributed by atoms with E-state index in [9.17, 15) is 14.9 Å². The highest BCUT2D eigenvalue weighted by atomic mass is 16.6. The minimum atomic E-state index is -0.468. The number of carbonyl (C=O) groups is 1. The van der Waals surface area contributed by atoms with Crippen molar-refractivity contribution in [3.63, 3.8) is 0 Å². The summed E-state index contributed by atoms with van der Waals surface area (Å²) >= 11 is 0. The largest absolute Gasteiger partial charge is 0.450 e. The molecule has 0 atom stereocenters. The number of nitro benzene ring substituents is 1. The SMILES string of the molecule is CC(=O)c1cccc(Oc2c(C)cc(C)cc2[N+](=O)[O-])c1. The lowest BCUT2D eigenvalue weighted by molar-refractivity contribution is -0.385. The summed E-state index contributed by atoms with van der Waals surface area (Å²) in [6.45, 7) is 5.00. The lowest BCUT2D eigenvalue weighted by atomic mass is 10.1. The van der Waals surface area contributed by atoms with Gasteiger partial charge in [0.2, 0.25) is 5.75 Å². The van der Waals surface area contributed by atoms with Crippen LogP contribution in [0.3, 0.4) is 0 Å². The molecule has 2 rings (SSSR count). The third-order valence-corrected chi connectivity index (χ3v) is 3.06. The molecule has 108 valence electrons. The van der Waals surface area contributed by atoms with Crippen LogP contribution in [0.4, 0.5) is 5.69 Å². The number of Topliss-reactive ketones (excluding diaryl/α,β-unsaturated/α-hetero) is 1. The molecule has 2 aromatic carbocycles. The number of nitro groups is 1. The summed E-state index contributed by atoms with van der Waals surface area (Å²) in [6.07, 6.45) is 0. The zero-order chi connectivity index (χ0) is 15.6. The van der Waals surface area contributed by atoms with Crippen molar-refractivity contribution >= 4 is 11.5 Å². The third-order valence-electron chi connectivity index (χ3n) is 3.06. The molecule has 0 fully saturated rings. The first kappa shape index (κ1) is 14.7. The first-order valence-corrected chi connectivity index (χ1v) is 6.43. The zero-order valence-electron chi connectivity index (χ0n) is 12.0. The zero-order valence-corrected chi connectivity index (χ0v) is 12.0. The van der Waals surface area contributed by atoms with E-state index in [1.165, 1.54) is 13.0 Å². The third kappa shape index (κ3) is 3.25. The Hall–Kier alpha value is -2.69. The minimum Gasteiger partial charge on any atom is -0.450 e. The van der Waals surface area contributed by atoms with Crippen molar-refractivity contribution in [2.45, 2.75) is 20.8 Å². The summed E-state index contributed by atoms with van der Waals surface area (Å²) in [6, 6.07) is 9.88. The molecule has 0 amide bonds. The Kier molecular flexibility index (Phi) is 4.03. The van der Waals surface area contributed by atoms with Crippen LogP contribution < -0.4 is 4.74 Å². The summed E-state index contributed by atoms with van der Waals surface area (Å²) in [5, 5.41) is 11.2. The van der Waals surface area contributed by atoms with Crippen LogP contribution in [-0.2, 0) is 0 Å². The highest BCUT2D eigenvalue weighted by molar-refractivity contribution is 5.94. The van der Waals surface area contributed by atoms with Crippen LogP contribution in [0.1, 0.15) is 28.4 Å². The van der Waals surface area contributed by atoms with Gasteiger partial charge in [0.1, 0.15) is 5.75 Å². The average molecular weight is 285 g/mol. The predicted octanol–water partition coefficient (Wildman–Crippen LogP) is 4.21. The van der Waals surface area contributed by atoms with Gasteiger partial charge in [-0.15, -0.1) is 0 Å². The molecular weight excluding hydrogens is 270 g/mol. The molecule has 0 aliphatic rings. The van der Waals surface area contributed by atoms with Crippen LogP contribution in [0.25, 0.3) is 0 Å². The van der Waals surface area contributed by atoms with E-state index in [1.807, 2.05) is 6.07 Å². The molecule has 0 aliphatic carbocycles. The highest BCUT2D eigenvalue weighted by Crippen LogP contribution is 2.35. The molecule has 5 heteroatoms. The van der Waals surface area contributed by atoms with Gasteiger partial charge in [-0.1, -0.05) is 18.2 Å². The van der Waals surface area contributed by atoms with Gasteiger partial charge in [0.25, 0.3) is 0 Å². The van der Waals surface area contributed by atoms with Gasteiger partial charge in [-0.3, -0.25) is 14.9 Å². The molecule has 5 nitrogen and oxygen atoms in total. The second-order valence-electron chi connectivity index (χ2n) is 4.87. The summed E-state index contributed by atoms with van der Waals surface area (Å²) in [5.74, 6) is 0.514. The maximum absolute atomic E-state index is 11.4. The molecule has 0 saturated carbocycles. The van der Waals surface area contributed by atoms with Gasteiger partial charge >= 0.3 is 5.69 Å². The van der Waals surface area contributed by atoms with Crippen molar-refractivity contribution in [3.05, 3.63) is 63.2 Å². The second kappa shape index (κ2) is 5.75. The number of hydrogen-bond donors (Lipinski definition) is 0. The van der Waals surface area contributed by atoms with Crippen molar-refractivity contribution in [2.24, 2.45) is 0 Å². The second-order valence-corrected chi connectivity index (χ2v) is 4.87. The maximum Gasteiger partial charge on any atom is 0.312 e. The van der Waals surface area contributed by atoms with Gasteiger partial charge in [-0.05, 0) is 44.0 Å². The average Bonchev–Trinajstić information content (AvgIpc) is 2.41. The number of aryl methyl sites for hydroxylation is 2. The van der Waals surface area contributed by atoms with Crippen LogP contribution in [0.2, 0.25) is 0 Å². The number of ether oxygens (including phenoxy) is 1. The van der Waals surface area contributed by atoms with Crippen molar-refractivity contribution < 1.29 is 14.5 Å². The minimum absolute atomic E-state index is 0.0827. The molecule has 0 unspecified atom stereocenters. The maximum atomic E-state index is 11.4. The Labute approximate surface area is 122 Å². The Morgan fingerprint density at radius 1 is 1.19 bits per heavy atom. The van der Waals surface area contributed by atoms with E-state index in [1.54, 1.807) is 38.1 Å². The highest BCUT2D eigenvalue weighted by Gasteiger charge is 2.19. The first-order chi connectivity index (χ1) is 9.88. The monoisotopic (exact) mass is 285 g/mol. The molecular formula is C16H15NO4. The topological polar surface area (TPSA) is 69.4 Å². The predicted molar refractivity (Wildman–Crippen MR) is 79.1 cm³/mol. The van der Waals surface area contributed by atoms with Crippen molar-refractivity contribution in [1.82, 2.24) is 0 Å². The Bertz CT molecular complexity index is 722. The van der Waals surface area contributed by atoms with Gasteiger partial charge in [0, 0.05) is 11.6 Å². The fourth-order valence-electron chi connectivity index (χ4n) is 2.10. The Morgan fingerprint density at radius 2 is 1.90 bits per heavy atom. The number of carbonyl (C=O) groups excluding carboxylic acids is 1. The molecule has 0 N–H and O–H groups in total. The fraction of sp³-hybridized carbons (Fsp3) is 0.188. The lowest BCUT2D eigenvalue weighted by Gasteiger charge is -2.10. The standard InChI is InChI=1S/C16H15NO4/c1-10-7-11(2)16(15(8-10)17(19)20)21-14-6-4-5-13(9-14)12(3)18/h4-9H,1-3H3. The number of benzene rings is 2. The smallest absolute Gasteiger partial charge is 0.312 e. The fourth-order valence-corrected chi connectivity index (χ4v) is 2.10. The molecule has 0 aromatic heterocycles. The van der Waals surface area contributed by atoms with Crippen LogP contribution in [0, 0.1) is 24.0 Å². The van der Waals surface area contributed by atoms with E-state index in [2.05, 4.69) is 0 Å².